The molecule has 5 nitrogen and oxygen atoms in total. The first kappa shape index (κ1) is 14.1. The maximum absolute atomic E-state index is 12.0. The molecule has 1 aromatic carbocycles. The molecule has 2 rings (SSSR count). The van der Waals surface area contributed by atoms with E-state index < -0.39 is 0 Å². The van der Waals surface area contributed by atoms with Crippen LogP contribution in [0, 0.1) is 6.92 Å². The number of rotatable bonds is 5. The molecule has 0 saturated carbocycles. The van der Waals surface area contributed by atoms with Gasteiger partial charge in [-0.25, -0.2) is 0 Å². The van der Waals surface area contributed by atoms with Crippen molar-refractivity contribution in [2.75, 3.05) is 11.9 Å². The lowest BCUT2D eigenvalue weighted by Crippen LogP contribution is -2.18. The summed E-state index contributed by atoms with van der Waals surface area (Å²) in [5, 5.41) is 2.77. The van der Waals surface area contributed by atoms with E-state index in [2.05, 4.69) is 5.32 Å². The van der Waals surface area contributed by atoms with Crippen molar-refractivity contribution in [1.29, 1.82) is 0 Å². The van der Waals surface area contributed by atoms with Crippen molar-refractivity contribution in [1.82, 2.24) is 0 Å². The van der Waals surface area contributed by atoms with Crippen LogP contribution in [-0.4, -0.2) is 17.5 Å². The average molecular weight is 290 g/mol. The van der Waals surface area contributed by atoms with Crippen molar-refractivity contribution < 1.29 is 13.9 Å². The molecule has 1 amide bonds. The summed E-state index contributed by atoms with van der Waals surface area (Å²) in [6.45, 7) is 1.89. The van der Waals surface area contributed by atoms with Crippen molar-refractivity contribution in [2.24, 2.45) is 5.73 Å². The van der Waals surface area contributed by atoms with Gasteiger partial charge in [-0.3, -0.25) is 4.79 Å². The molecule has 0 saturated heterocycles. The topological polar surface area (TPSA) is 77.5 Å². The van der Waals surface area contributed by atoms with Crippen molar-refractivity contribution in [3.8, 4) is 5.75 Å². The molecule has 0 aliphatic rings. The van der Waals surface area contributed by atoms with Gasteiger partial charge in [-0.15, -0.1) is 0 Å². The largest absolute Gasteiger partial charge is 0.486 e. The van der Waals surface area contributed by atoms with Crippen LogP contribution in [0.2, 0.25) is 0 Å². The highest BCUT2D eigenvalue weighted by Crippen LogP contribution is 2.19. The van der Waals surface area contributed by atoms with Crippen LogP contribution in [0.5, 0.6) is 5.75 Å². The molecule has 0 fully saturated rings. The zero-order valence-corrected chi connectivity index (χ0v) is 11.7. The minimum absolute atomic E-state index is 0.160. The number of carbonyl (C=O) groups excluding carboxylic acids is 1. The van der Waals surface area contributed by atoms with Gasteiger partial charge < -0.3 is 20.2 Å². The van der Waals surface area contributed by atoms with Gasteiger partial charge in [-0.1, -0.05) is 18.3 Å². The molecule has 1 heterocycles. The summed E-state index contributed by atoms with van der Waals surface area (Å²) in [6.07, 6.45) is 1.48. The van der Waals surface area contributed by atoms with Gasteiger partial charge in [0.05, 0.1) is 11.8 Å². The van der Waals surface area contributed by atoms with E-state index in [1.165, 1.54) is 6.26 Å². The molecule has 104 valence electrons. The summed E-state index contributed by atoms with van der Waals surface area (Å²) in [7, 11) is 0. The SMILES string of the molecule is Cc1occc1C(=O)Nc1cccc(OCC(N)=S)c1. The number of nitrogens with one attached hydrogen (secondary N) is 1. The van der Waals surface area contributed by atoms with E-state index in [9.17, 15) is 4.79 Å². The number of hydrogen-bond donors (Lipinski definition) is 2. The quantitative estimate of drug-likeness (QED) is 0.827. The minimum atomic E-state index is -0.234. The summed E-state index contributed by atoms with van der Waals surface area (Å²) >= 11 is 4.74. The van der Waals surface area contributed by atoms with Crippen LogP contribution >= 0.6 is 12.2 Å². The van der Waals surface area contributed by atoms with E-state index in [-0.39, 0.29) is 17.5 Å². The van der Waals surface area contributed by atoms with Crippen LogP contribution in [-0.2, 0) is 0 Å². The lowest BCUT2D eigenvalue weighted by molar-refractivity contribution is 0.102. The number of hydrogen-bond acceptors (Lipinski definition) is 4. The normalized spacial score (nSPS) is 10.1. The number of furan rings is 1. The smallest absolute Gasteiger partial charge is 0.259 e. The fourth-order valence-electron chi connectivity index (χ4n) is 1.64. The van der Waals surface area contributed by atoms with Crippen LogP contribution in [0.15, 0.2) is 41.0 Å². The summed E-state index contributed by atoms with van der Waals surface area (Å²) in [6, 6.07) is 8.62. The first-order valence-electron chi connectivity index (χ1n) is 5.93. The molecule has 0 radical (unpaired) electrons. The number of benzene rings is 1. The summed E-state index contributed by atoms with van der Waals surface area (Å²) < 4.78 is 10.5. The Morgan fingerprint density at radius 2 is 2.25 bits per heavy atom. The number of ether oxygens (including phenoxy) is 1. The molecule has 0 unspecified atom stereocenters. The second-order valence-electron chi connectivity index (χ2n) is 4.13. The van der Waals surface area contributed by atoms with Crippen LogP contribution in [0.25, 0.3) is 0 Å². The number of amides is 1. The Morgan fingerprint density at radius 3 is 2.90 bits per heavy atom. The average Bonchev–Trinajstić information content (AvgIpc) is 2.83. The summed E-state index contributed by atoms with van der Waals surface area (Å²) in [5.74, 6) is 0.922. The van der Waals surface area contributed by atoms with Crippen molar-refractivity contribution in [2.45, 2.75) is 6.92 Å². The lowest BCUT2D eigenvalue weighted by atomic mass is 10.2. The third kappa shape index (κ3) is 3.58. The molecule has 20 heavy (non-hydrogen) atoms. The van der Waals surface area contributed by atoms with Crippen molar-refractivity contribution in [3.63, 3.8) is 0 Å². The Hall–Kier alpha value is -2.34. The molecule has 0 spiro atoms. The molecule has 0 atom stereocenters. The monoisotopic (exact) mass is 290 g/mol. The lowest BCUT2D eigenvalue weighted by Gasteiger charge is -2.08. The zero-order valence-electron chi connectivity index (χ0n) is 10.9. The van der Waals surface area contributed by atoms with Crippen LogP contribution in [0.1, 0.15) is 16.1 Å². The second-order valence-corrected chi connectivity index (χ2v) is 4.65. The Balaban J connectivity index is 2.06. The van der Waals surface area contributed by atoms with Gasteiger partial charge in [0.15, 0.2) is 0 Å². The Bertz CT molecular complexity index is 637. The number of nitrogens with two attached hydrogens (primary N) is 1. The third-order valence-corrected chi connectivity index (χ3v) is 2.69. The van der Waals surface area contributed by atoms with Crippen molar-refractivity contribution in [3.05, 3.63) is 47.9 Å². The fraction of sp³-hybridized carbons (Fsp3) is 0.143. The van der Waals surface area contributed by atoms with Crippen LogP contribution in [0.3, 0.4) is 0 Å². The third-order valence-electron chi connectivity index (χ3n) is 2.58. The van der Waals surface area contributed by atoms with Gasteiger partial charge in [0.25, 0.3) is 5.91 Å². The maximum Gasteiger partial charge on any atom is 0.259 e. The van der Waals surface area contributed by atoms with Gasteiger partial charge in [0, 0.05) is 11.8 Å². The van der Waals surface area contributed by atoms with E-state index in [1.54, 1.807) is 37.3 Å². The fourth-order valence-corrected chi connectivity index (χ4v) is 1.70. The molecule has 6 heteroatoms. The molecular weight excluding hydrogens is 276 g/mol. The minimum Gasteiger partial charge on any atom is -0.486 e. The maximum atomic E-state index is 12.0. The molecule has 1 aromatic heterocycles. The summed E-state index contributed by atoms with van der Waals surface area (Å²) in [5.41, 5.74) is 6.49. The van der Waals surface area contributed by atoms with E-state index in [0.717, 1.165) is 0 Å². The van der Waals surface area contributed by atoms with Crippen LogP contribution < -0.4 is 15.8 Å². The highest BCUT2D eigenvalue weighted by Gasteiger charge is 2.11. The predicted octanol–water partition coefficient (Wildman–Crippen LogP) is 2.51. The molecule has 0 aliphatic carbocycles. The number of carbonyl (C=O) groups is 1. The van der Waals surface area contributed by atoms with Gasteiger partial charge in [0.2, 0.25) is 0 Å². The first-order valence-corrected chi connectivity index (χ1v) is 6.33. The Labute approximate surface area is 121 Å². The summed E-state index contributed by atoms with van der Waals surface area (Å²) in [4.78, 5) is 12.3. The van der Waals surface area contributed by atoms with Gasteiger partial charge >= 0.3 is 0 Å². The number of anilines is 1. The first-order chi connectivity index (χ1) is 9.56. The number of thiocarbonyl (C=S) groups is 1. The zero-order chi connectivity index (χ0) is 14.5. The van der Waals surface area contributed by atoms with Gasteiger partial charge in [0.1, 0.15) is 23.1 Å². The van der Waals surface area contributed by atoms with Gasteiger partial charge in [-0.05, 0) is 25.1 Å². The molecule has 3 N–H and O–H groups in total. The predicted molar refractivity (Wildman–Crippen MR) is 80.1 cm³/mol. The van der Waals surface area contributed by atoms with E-state index >= 15 is 0 Å². The standard InChI is InChI=1S/C14H14N2O3S/c1-9-12(5-6-18-9)14(17)16-10-3-2-4-11(7-10)19-8-13(15)20/h2-7H,8H2,1H3,(H2,15,20)(H,16,17). The highest BCUT2D eigenvalue weighted by molar-refractivity contribution is 7.80. The Morgan fingerprint density at radius 1 is 1.45 bits per heavy atom. The molecule has 2 aromatic rings. The van der Waals surface area contributed by atoms with E-state index in [0.29, 0.717) is 22.8 Å². The molecular formula is C14H14N2O3S. The second kappa shape index (κ2) is 6.21. The number of aryl methyl sites for hydroxylation is 1. The molecule has 0 bridgehead atoms. The van der Waals surface area contributed by atoms with E-state index in [4.69, 9.17) is 27.1 Å². The Kier molecular flexibility index (Phi) is 4.37. The molecule has 0 aliphatic heterocycles. The highest BCUT2D eigenvalue weighted by atomic mass is 32.1. The van der Waals surface area contributed by atoms with Crippen LogP contribution in [0.4, 0.5) is 5.69 Å². The van der Waals surface area contributed by atoms with Gasteiger partial charge in [-0.2, -0.15) is 0 Å². The van der Waals surface area contributed by atoms with Crippen molar-refractivity contribution >= 4 is 28.8 Å². The van der Waals surface area contributed by atoms with E-state index in [1.807, 2.05) is 0 Å².